The molecule has 0 saturated carbocycles. The molecule has 0 saturated heterocycles. The van der Waals surface area contributed by atoms with Crippen molar-refractivity contribution >= 4 is 11.8 Å². The van der Waals surface area contributed by atoms with Crippen LogP contribution in [0.3, 0.4) is 0 Å². The summed E-state index contributed by atoms with van der Waals surface area (Å²) in [5.74, 6) is 6.91. The molecule has 0 aliphatic carbocycles. The predicted molar refractivity (Wildman–Crippen MR) is 69.6 cm³/mol. The number of aromatic nitrogens is 4. The van der Waals surface area contributed by atoms with Crippen LogP contribution in [-0.2, 0) is 0 Å². The van der Waals surface area contributed by atoms with E-state index in [0.29, 0.717) is 0 Å². The van der Waals surface area contributed by atoms with Crippen LogP contribution in [0, 0.1) is 11.8 Å². The minimum absolute atomic E-state index is 0.222. The van der Waals surface area contributed by atoms with E-state index < -0.39 is 0 Å². The molecule has 0 radical (unpaired) electrons. The molecule has 1 heterocycles. The van der Waals surface area contributed by atoms with Crippen LogP contribution in [0.1, 0.15) is 13.3 Å². The maximum absolute atomic E-state index is 9.24. The molecule has 1 N–H and O–H groups in total. The van der Waals surface area contributed by atoms with Crippen LogP contribution in [0.4, 0.5) is 0 Å². The molecule has 0 unspecified atom stereocenters. The van der Waals surface area contributed by atoms with Gasteiger partial charge in [0.15, 0.2) is 0 Å². The van der Waals surface area contributed by atoms with E-state index >= 15 is 0 Å². The number of phenols is 1. The van der Waals surface area contributed by atoms with Crippen molar-refractivity contribution in [3.05, 3.63) is 24.3 Å². The number of benzene rings is 1. The van der Waals surface area contributed by atoms with Crippen molar-refractivity contribution in [1.29, 1.82) is 0 Å². The number of rotatable bonds is 4. The van der Waals surface area contributed by atoms with Gasteiger partial charge in [-0.15, -0.1) is 16.9 Å². The van der Waals surface area contributed by atoms with Gasteiger partial charge in [0.05, 0.1) is 5.69 Å². The second-order valence-electron chi connectivity index (χ2n) is 3.41. The number of phenolic OH excluding ortho intramolecular Hbond substituents is 1. The van der Waals surface area contributed by atoms with Gasteiger partial charge in [-0.3, -0.25) is 0 Å². The summed E-state index contributed by atoms with van der Waals surface area (Å²) in [6.45, 7) is 1.82. The Morgan fingerprint density at radius 2 is 2.11 bits per heavy atom. The SMILES string of the molecule is CC#CCCSc1nnnn1-c1ccc(O)cc1. The largest absolute Gasteiger partial charge is 0.508 e. The molecular weight excluding hydrogens is 248 g/mol. The van der Waals surface area contributed by atoms with Gasteiger partial charge in [-0.1, -0.05) is 11.8 Å². The molecule has 5 nitrogen and oxygen atoms in total. The summed E-state index contributed by atoms with van der Waals surface area (Å²) in [4.78, 5) is 0. The summed E-state index contributed by atoms with van der Waals surface area (Å²) in [6, 6.07) is 6.74. The maximum Gasteiger partial charge on any atom is 0.214 e. The molecule has 0 aliphatic rings. The third-order valence-electron chi connectivity index (χ3n) is 2.17. The van der Waals surface area contributed by atoms with Crippen molar-refractivity contribution in [1.82, 2.24) is 20.2 Å². The lowest BCUT2D eigenvalue weighted by Gasteiger charge is -2.03. The molecule has 92 valence electrons. The van der Waals surface area contributed by atoms with Gasteiger partial charge >= 0.3 is 0 Å². The number of aromatic hydroxyl groups is 1. The lowest BCUT2D eigenvalue weighted by atomic mass is 10.3. The van der Waals surface area contributed by atoms with E-state index in [1.165, 1.54) is 0 Å². The summed E-state index contributed by atoms with van der Waals surface area (Å²) in [6.07, 6.45) is 0.809. The highest BCUT2D eigenvalue weighted by Gasteiger charge is 2.08. The van der Waals surface area contributed by atoms with E-state index in [2.05, 4.69) is 27.4 Å². The summed E-state index contributed by atoms with van der Waals surface area (Å²) in [5, 5.41) is 21.5. The zero-order valence-electron chi connectivity index (χ0n) is 9.87. The molecule has 2 rings (SSSR count). The Morgan fingerprint density at radius 3 is 2.83 bits per heavy atom. The van der Waals surface area contributed by atoms with Gasteiger partial charge in [0.2, 0.25) is 5.16 Å². The fraction of sp³-hybridized carbons (Fsp3) is 0.250. The second-order valence-corrected chi connectivity index (χ2v) is 4.48. The molecule has 0 fully saturated rings. The van der Waals surface area contributed by atoms with E-state index in [-0.39, 0.29) is 5.75 Å². The number of hydrogen-bond donors (Lipinski definition) is 1. The first-order valence-electron chi connectivity index (χ1n) is 5.41. The highest BCUT2D eigenvalue weighted by molar-refractivity contribution is 7.99. The highest BCUT2D eigenvalue weighted by Crippen LogP contribution is 2.20. The van der Waals surface area contributed by atoms with Crippen molar-refractivity contribution in [2.24, 2.45) is 0 Å². The predicted octanol–water partition coefficient (Wildman–Crippen LogP) is 1.87. The monoisotopic (exact) mass is 260 g/mol. The number of hydrogen-bond acceptors (Lipinski definition) is 5. The Morgan fingerprint density at radius 1 is 1.33 bits per heavy atom. The van der Waals surface area contributed by atoms with Crippen molar-refractivity contribution in [2.45, 2.75) is 18.5 Å². The molecule has 0 amide bonds. The van der Waals surface area contributed by atoms with Gasteiger partial charge in [-0.2, -0.15) is 4.68 Å². The van der Waals surface area contributed by atoms with Crippen molar-refractivity contribution in [3.63, 3.8) is 0 Å². The molecule has 0 atom stereocenters. The van der Waals surface area contributed by atoms with Gasteiger partial charge in [-0.05, 0) is 41.6 Å². The third-order valence-corrected chi connectivity index (χ3v) is 3.09. The van der Waals surface area contributed by atoms with Crippen LogP contribution in [0.15, 0.2) is 29.4 Å². The van der Waals surface area contributed by atoms with Crippen LogP contribution in [0.5, 0.6) is 5.75 Å². The molecule has 18 heavy (non-hydrogen) atoms. The lowest BCUT2D eigenvalue weighted by molar-refractivity contribution is 0.475. The molecule has 0 spiro atoms. The lowest BCUT2D eigenvalue weighted by Crippen LogP contribution is -1.98. The van der Waals surface area contributed by atoms with Gasteiger partial charge in [-0.25, -0.2) is 0 Å². The third kappa shape index (κ3) is 3.02. The van der Waals surface area contributed by atoms with Crippen LogP contribution < -0.4 is 0 Å². The number of thioether (sulfide) groups is 1. The zero-order chi connectivity index (χ0) is 12.8. The van der Waals surface area contributed by atoms with Crippen LogP contribution in [0.2, 0.25) is 0 Å². The first kappa shape index (κ1) is 12.5. The van der Waals surface area contributed by atoms with Crippen molar-refractivity contribution in [3.8, 4) is 23.3 Å². The van der Waals surface area contributed by atoms with E-state index in [9.17, 15) is 5.11 Å². The quantitative estimate of drug-likeness (QED) is 0.516. The second kappa shape index (κ2) is 6.07. The van der Waals surface area contributed by atoms with E-state index in [0.717, 1.165) is 23.0 Å². The van der Waals surface area contributed by atoms with Crippen LogP contribution in [-0.4, -0.2) is 31.1 Å². The fourth-order valence-electron chi connectivity index (χ4n) is 1.34. The molecule has 0 aliphatic heterocycles. The van der Waals surface area contributed by atoms with Gasteiger partial charge in [0.25, 0.3) is 0 Å². The van der Waals surface area contributed by atoms with Crippen LogP contribution in [0.25, 0.3) is 5.69 Å². The molecule has 0 bridgehead atoms. The number of tetrazole rings is 1. The normalized spacial score (nSPS) is 9.83. The molecular formula is C12H12N4OS. The Bertz CT molecular complexity index is 568. The first-order chi connectivity index (χ1) is 8.81. The number of nitrogens with zero attached hydrogens (tertiary/aromatic N) is 4. The van der Waals surface area contributed by atoms with E-state index in [4.69, 9.17) is 0 Å². The maximum atomic E-state index is 9.24. The smallest absolute Gasteiger partial charge is 0.214 e. The standard InChI is InChI=1S/C12H12N4OS/c1-2-3-4-9-18-12-13-14-15-16(12)10-5-7-11(17)8-6-10/h5-8,17H,4,9H2,1H3. The average Bonchev–Trinajstić information content (AvgIpc) is 2.84. The topological polar surface area (TPSA) is 63.8 Å². The Kier molecular flexibility index (Phi) is 4.20. The van der Waals surface area contributed by atoms with Gasteiger partial charge in [0.1, 0.15) is 5.75 Å². The average molecular weight is 260 g/mol. The minimum atomic E-state index is 0.222. The highest BCUT2D eigenvalue weighted by atomic mass is 32.2. The van der Waals surface area contributed by atoms with Gasteiger partial charge < -0.3 is 5.11 Å². The van der Waals surface area contributed by atoms with Crippen LogP contribution >= 0.6 is 11.8 Å². The minimum Gasteiger partial charge on any atom is -0.508 e. The summed E-state index contributed by atoms with van der Waals surface area (Å²) in [5.41, 5.74) is 0.821. The van der Waals surface area contributed by atoms with Crippen molar-refractivity contribution < 1.29 is 5.11 Å². The molecule has 6 heteroatoms. The Hall–Kier alpha value is -2.00. The summed E-state index contributed by atoms with van der Waals surface area (Å²) < 4.78 is 1.64. The van der Waals surface area contributed by atoms with Gasteiger partial charge in [0, 0.05) is 12.2 Å². The summed E-state index contributed by atoms with van der Waals surface area (Å²) in [7, 11) is 0. The molecule has 1 aromatic heterocycles. The Balaban J connectivity index is 2.11. The van der Waals surface area contributed by atoms with Crippen molar-refractivity contribution in [2.75, 3.05) is 5.75 Å². The summed E-state index contributed by atoms with van der Waals surface area (Å²) >= 11 is 1.55. The molecule has 1 aromatic carbocycles. The first-order valence-corrected chi connectivity index (χ1v) is 6.40. The van der Waals surface area contributed by atoms with E-state index in [1.54, 1.807) is 40.7 Å². The Labute approximate surface area is 109 Å². The fourth-order valence-corrected chi connectivity index (χ4v) is 2.09. The van der Waals surface area contributed by atoms with E-state index in [1.807, 2.05) is 6.92 Å². The zero-order valence-corrected chi connectivity index (χ0v) is 10.7. The molecule has 2 aromatic rings.